The Morgan fingerprint density at radius 3 is 2.72 bits per heavy atom. The molecule has 1 aromatic carbocycles. The minimum absolute atomic E-state index is 0.0163. The van der Waals surface area contributed by atoms with E-state index in [1.54, 1.807) is 7.11 Å². The maximum atomic E-state index is 10.8. The fourth-order valence-corrected chi connectivity index (χ4v) is 2.50. The van der Waals surface area contributed by atoms with Crippen molar-refractivity contribution in [1.82, 2.24) is 0 Å². The Bertz CT molecular complexity index is 416. The highest BCUT2D eigenvalue weighted by Crippen LogP contribution is 2.35. The Hall–Kier alpha value is -1.71. The lowest BCUT2D eigenvalue weighted by Gasteiger charge is -2.21. The first kappa shape index (κ1) is 12.7. The zero-order valence-corrected chi connectivity index (χ0v) is 10.5. The normalized spacial score (nSPS) is 22.7. The molecule has 2 unspecified atom stereocenters. The fraction of sp³-hybridized carbons (Fsp3) is 0.500. The summed E-state index contributed by atoms with van der Waals surface area (Å²) in [5, 5.41) is 8.88. The highest BCUT2D eigenvalue weighted by atomic mass is 16.5. The lowest BCUT2D eigenvalue weighted by Crippen LogP contribution is -2.23. The van der Waals surface area contributed by atoms with Crippen LogP contribution in [0.1, 0.15) is 25.7 Å². The lowest BCUT2D eigenvalue weighted by molar-refractivity contribution is -0.138. The Balaban J connectivity index is 2.05. The van der Waals surface area contributed by atoms with Gasteiger partial charge in [-0.1, -0.05) is 12.1 Å². The maximum Gasteiger partial charge on any atom is 0.303 e. The third kappa shape index (κ3) is 2.94. The molecular weight excluding hydrogens is 232 g/mol. The second-order valence-electron chi connectivity index (χ2n) is 4.60. The standard InChI is InChI=1S/C14H18O4/c1-17-12-6-2-3-7-13(12)18-11-8-4-5-10(11)9-14(15)16/h2-3,6-7,10-11H,4-5,8-9H2,1H3,(H,15,16). The summed E-state index contributed by atoms with van der Waals surface area (Å²) in [4.78, 5) is 10.8. The van der Waals surface area contributed by atoms with Crippen molar-refractivity contribution in [2.45, 2.75) is 31.8 Å². The number of aliphatic carboxylic acids is 1. The molecule has 1 fully saturated rings. The van der Waals surface area contributed by atoms with E-state index in [4.69, 9.17) is 14.6 Å². The van der Waals surface area contributed by atoms with Gasteiger partial charge in [0.1, 0.15) is 6.10 Å². The third-order valence-electron chi connectivity index (χ3n) is 3.37. The van der Waals surface area contributed by atoms with Crippen molar-refractivity contribution in [2.75, 3.05) is 7.11 Å². The molecule has 1 saturated carbocycles. The van der Waals surface area contributed by atoms with Crippen LogP contribution in [0.3, 0.4) is 0 Å². The Morgan fingerprint density at radius 2 is 2.06 bits per heavy atom. The second-order valence-corrected chi connectivity index (χ2v) is 4.60. The van der Waals surface area contributed by atoms with Gasteiger partial charge in [-0.25, -0.2) is 0 Å². The molecule has 4 heteroatoms. The van der Waals surface area contributed by atoms with Gasteiger partial charge in [0, 0.05) is 5.92 Å². The van der Waals surface area contributed by atoms with Crippen LogP contribution in [0.25, 0.3) is 0 Å². The van der Waals surface area contributed by atoms with E-state index in [1.807, 2.05) is 24.3 Å². The fourth-order valence-electron chi connectivity index (χ4n) is 2.50. The quantitative estimate of drug-likeness (QED) is 0.873. The molecule has 0 spiro atoms. The van der Waals surface area contributed by atoms with E-state index < -0.39 is 5.97 Å². The number of hydrogen-bond donors (Lipinski definition) is 1. The van der Waals surface area contributed by atoms with Crippen LogP contribution in [0.15, 0.2) is 24.3 Å². The Morgan fingerprint density at radius 1 is 1.33 bits per heavy atom. The molecule has 1 aromatic rings. The number of benzene rings is 1. The van der Waals surface area contributed by atoms with E-state index in [2.05, 4.69) is 0 Å². The minimum atomic E-state index is -0.754. The molecule has 0 saturated heterocycles. The number of para-hydroxylation sites is 2. The van der Waals surface area contributed by atoms with E-state index in [9.17, 15) is 4.79 Å². The third-order valence-corrected chi connectivity index (χ3v) is 3.37. The predicted molar refractivity (Wildman–Crippen MR) is 67.0 cm³/mol. The van der Waals surface area contributed by atoms with Crippen molar-refractivity contribution >= 4 is 5.97 Å². The van der Waals surface area contributed by atoms with Crippen LogP contribution in [-0.4, -0.2) is 24.3 Å². The first-order valence-electron chi connectivity index (χ1n) is 6.22. The number of methoxy groups -OCH3 is 1. The van der Waals surface area contributed by atoms with Gasteiger partial charge in [-0.2, -0.15) is 0 Å². The summed E-state index contributed by atoms with van der Waals surface area (Å²) in [7, 11) is 1.60. The molecule has 18 heavy (non-hydrogen) atoms. The second kappa shape index (κ2) is 5.76. The molecule has 4 nitrogen and oxygen atoms in total. The van der Waals surface area contributed by atoms with Gasteiger partial charge in [-0.05, 0) is 31.4 Å². The van der Waals surface area contributed by atoms with Crippen molar-refractivity contribution in [3.63, 3.8) is 0 Å². The average Bonchev–Trinajstić information content (AvgIpc) is 2.76. The van der Waals surface area contributed by atoms with E-state index in [0.29, 0.717) is 11.5 Å². The number of carbonyl (C=O) groups is 1. The summed E-state index contributed by atoms with van der Waals surface area (Å²) in [6, 6.07) is 7.47. The van der Waals surface area contributed by atoms with Crippen LogP contribution in [0.4, 0.5) is 0 Å². The zero-order chi connectivity index (χ0) is 13.0. The highest BCUT2D eigenvalue weighted by Gasteiger charge is 2.31. The number of carboxylic acids is 1. The molecule has 0 aromatic heterocycles. The van der Waals surface area contributed by atoms with Gasteiger partial charge in [0.05, 0.1) is 13.5 Å². The van der Waals surface area contributed by atoms with Gasteiger partial charge >= 0.3 is 5.97 Å². The largest absolute Gasteiger partial charge is 0.493 e. The zero-order valence-electron chi connectivity index (χ0n) is 10.5. The summed E-state index contributed by atoms with van der Waals surface area (Å²) in [5.41, 5.74) is 0. The van der Waals surface area contributed by atoms with Gasteiger partial charge in [-0.15, -0.1) is 0 Å². The van der Waals surface area contributed by atoms with Crippen molar-refractivity contribution < 1.29 is 19.4 Å². The molecule has 0 aliphatic heterocycles. The van der Waals surface area contributed by atoms with Gasteiger partial charge in [-0.3, -0.25) is 4.79 Å². The summed E-state index contributed by atoms with van der Waals surface area (Å²) in [5.74, 6) is 0.740. The van der Waals surface area contributed by atoms with Gasteiger partial charge in [0.2, 0.25) is 0 Å². The SMILES string of the molecule is COc1ccccc1OC1CCCC1CC(=O)O. The Labute approximate surface area is 107 Å². The van der Waals surface area contributed by atoms with Crippen LogP contribution < -0.4 is 9.47 Å². The smallest absolute Gasteiger partial charge is 0.303 e. The molecule has 0 heterocycles. The molecule has 0 radical (unpaired) electrons. The van der Waals surface area contributed by atoms with Crippen LogP contribution in [0, 0.1) is 5.92 Å². The number of carboxylic acid groups (broad SMARTS) is 1. The van der Waals surface area contributed by atoms with Crippen molar-refractivity contribution in [3.8, 4) is 11.5 Å². The molecule has 0 amide bonds. The Kier molecular flexibility index (Phi) is 4.07. The van der Waals surface area contributed by atoms with Crippen LogP contribution in [-0.2, 0) is 4.79 Å². The highest BCUT2D eigenvalue weighted by molar-refractivity contribution is 5.67. The topological polar surface area (TPSA) is 55.8 Å². The predicted octanol–water partition coefficient (Wildman–Crippen LogP) is 2.72. The first-order valence-corrected chi connectivity index (χ1v) is 6.22. The number of hydrogen-bond acceptors (Lipinski definition) is 3. The number of ether oxygens (including phenoxy) is 2. The molecule has 0 bridgehead atoms. The summed E-state index contributed by atoms with van der Waals surface area (Å²) < 4.78 is 11.2. The molecule has 1 aliphatic rings. The monoisotopic (exact) mass is 250 g/mol. The molecule has 1 aliphatic carbocycles. The molecule has 2 rings (SSSR count). The number of rotatable bonds is 5. The van der Waals surface area contributed by atoms with Crippen molar-refractivity contribution in [3.05, 3.63) is 24.3 Å². The lowest BCUT2D eigenvalue weighted by atomic mass is 10.0. The first-order chi connectivity index (χ1) is 8.70. The average molecular weight is 250 g/mol. The molecule has 2 atom stereocenters. The van der Waals surface area contributed by atoms with E-state index in [-0.39, 0.29) is 18.4 Å². The van der Waals surface area contributed by atoms with E-state index in [0.717, 1.165) is 19.3 Å². The maximum absolute atomic E-state index is 10.8. The van der Waals surface area contributed by atoms with Crippen LogP contribution in [0.5, 0.6) is 11.5 Å². The summed E-state index contributed by atoms with van der Waals surface area (Å²) in [6.07, 6.45) is 3.03. The summed E-state index contributed by atoms with van der Waals surface area (Å²) in [6.45, 7) is 0. The van der Waals surface area contributed by atoms with Crippen molar-refractivity contribution in [2.24, 2.45) is 5.92 Å². The van der Waals surface area contributed by atoms with Crippen molar-refractivity contribution in [1.29, 1.82) is 0 Å². The molecule has 1 N–H and O–H groups in total. The molecular formula is C14H18O4. The van der Waals surface area contributed by atoms with Crippen LogP contribution >= 0.6 is 0 Å². The summed E-state index contributed by atoms with van der Waals surface area (Å²) >= 11 is 0. The van der Waals surface area contributed by atoms with Gasteiger partial charge < -0.3 is 14.6 Å². The van der Waals surface area contributed by atoms with E-state index >= 15 is 0 Å². The van der Waals surface area contributed by atoms with E-state index in [1.165, 1.54) is 0 Å². The van der Waals surface area contributed by atoms with Gasteiger partial charge in [0.15, 0.2) is 11.5 Å². The van der Waals surface area contributed by atoms with Gasteiger partial charge in [0.25, 0.3) is 0 Å². The minimum Gasteiger partial charge on any atom is -0.493 e. The van der Waals surface area contributed by atoms with Crippen LogP contribution in [0.2, 0.25) is 0 Å². The molecule has 98 valence electrons.